The summed E-state index contributed by atoms with van der Waals surface area (Å²) in [5, 5.41) is 9.70. The molecule has 10 heavy (non-hydrogen) atoms. The van der Waals surface area contributed by atoms with Crippen LogP contribution in [-0.2, 0) is 0 Å². The molecule has 0 aliphatic carbocycles. The van der Waals surface area contributed by atoms with Crippen LogP contribution >= 0.6 is 11.8 Å². The topological polar surface area (TPSA) is 20.2 Å². The van der Waals surface area contributed by atoms with Crippen molar-refractivity contribution >= 4 is 11.8 Å². The lowest BCUT2D eigenvalue weighted by Crippen LogP contribution is -2.06. The van der Waals surface area contributed by atoms with Gasteiger partial charge in [0.05, 0.1) is 5.44 Å². The van der Waals surface area contributed by atoms with Gasteiger partial charge in [-0.05, 0) is 19.8 Å². The van der Waals surface area contributed by atoms with E-state index in [2.05, 4.69) is 13.8 Å². The van der Waals surface area contributed by atoms with Gasteiger partial charge >= 0.3 is 0 Å². The van der Waals surface area contributed by atoms with Crippen LogP contribution in [0, 0.1) is 0 Å². The first-order chi connectivity index (χ1) is 4.70. The van der Waals surface area contributed by atoms with Crippen LogP contribution in [0.15, 0.2) is 0 Å². The summed E-state index contributed by atoms with van der Waals surface area (Å²) < 4.78 is 0. The average Bonchev–Trinajstić information content (AvgIpc) is 1.86. The van der Waals surface area contributed by atoms with E-state index in [1.54, 1.807) is 11.8 Å². The van der Waals surface area contributed by atoms with E-state index in [0.29, 0.717) is 5.25 Å². The zero-order valence-corrected chi connectivity index (χ0v) is 7.95. The van der Waals surface area contributed by atoms with Gasteiger partial charge in [0.25, 0.3) is 0 Å². The summed E-state index contributed by atoms with van der Waals surface area (Å²) in [6, 6.07) is 0. The van der Waals surface area contributed by atoms with E-state index in [1.807, 2.05) is 6.92 Å². The third-order valence-electron chi connectivity index (χ3n) is 1.46. The third-order valence-corrected chi connectivity index (χ3v) is 2.80. The molecule has 0 aromatic rings. The Kier molecular flexibility index (Phi) is 6.24. The molecule has 0 fully saturated rings. The zero-order valence-electron chi connectivity index (χ0n) is 7.13. The van der Waals surface area contributed by atoms with Crippen molar-refractivity contribution in [2.24, 2.45) is 0 Å². The molecular weight excluding hydrogens is 144 g/mol. The van der Waals surface area contributed by atoms with Gasteiger partial charge in [-0.25, -0.2) is 0 Å². The first-order valence-electron chi connectivity index (χ1n) is 4.04. The van der Waals surface area contributed by atoms with Crippen LogP contribution in [0.3, 0.4) is 0 Å². The molecule has 0 heterocycles. The summed E-state index contributed by atoms with van der Waals surface area (Å²) >= 11 is 1.68. The number of hydrogen-bond acceptors (Lipinski definition) is 2. The molecule has 2 unspecified atom stereocenters. The second kappa shape index (κ2) is 6.05. The number of rotatable bonds is 5. The van der Waals surface area contributed by atoms with Crippen molar-refractivity contribution in [3.8, 4) is 0 Å². The number of hydrogen-bond donors (Lipinski definition) is 1. The molecule has 62 valence electrons. The molecule has 0 bridgehead atoms. The number of aliphatic hydroxyl groups is 1. The van der Waals surface area contributed by atoms with Gasteiger partial charge in [-0.2, -0.15) is 0 Å². The Bertz CT molecular complexity index is 73.7. The van der Waals surface area contributed by atoms with E-state index in [0.717, 1.165) is 0 Å². The van der Waals surface area contributed by atoms with Gasteiger partial charge in [0.2, 0.25) is 0 Å². The molecule has 0 aliphatic heterocycles. The highest BCUT2D eigenvalue weighted by molar-refractivity contribution is 8.00. The van der Waals surface area contributed by atoms with E-state index in [1.165, 1.54) is 19.3 Å². The Balaban J connectivity index is 3.39. The molecule has 0 saturated heterocycles. The van der Waals surface area contributed by atoms with Crippen molar-refractivity contribution < 1.29 is 5.11 Å². The first-order valence-corrected chi connectivity index (χ1v) is 4.98. The Labute approximate surface area is 68.2 Å². The maximum absolute atomic E-state index is 9.04. The van der Waals surface area contributed by atoms with Gasteiger partial charge in [0, 0.05) is 5.25 Å². The number of thioether (sulfide) groups is 1. The second-order valence-corrected chi connectivity index (χ2v) is 4.18. The highest BCUT2D eigenvalue weighted by atomic mass is 32.2. The van der Waals surface area contributed by atoms with Gasteiger partial charge in [-0.1, -0.05) is 20.3 Å². The molecule has 0 aromatic carbocycles. The molecule has 0 aliphatic rings. The van der Waals surface area contributed by atoms with Crippen molar-refractivity contribution in [3.05, 3.63) is 0 Å². The van der Waals surface area contributed by atoms with Crippen molar-refractivity contribution in [1.82, 2.24) is 0 Å². The van der Waals surface area contributed by atoms with Crippen molar-refractivity contribution in [3.63, 3.8) is 0 Å². The van der Waals surface area contributed by atoms with Crippen LogP contribution in [0.4, 0.5) is 0 Å². The summed E-state index contributed by atoms with van der Waals surface area (Å²) in [4.78, 5) is 0. The fourth-order valence-electron chi connectivity index (χ4n) is 0.969. The van der Waals surface area contributed by atoms with Gasteiger partial charge in [0.1, 0.15) is 0 Å². The van der Waals surface area contributed by atoms with Crippen molar-refractivity contribution in [1.29, 1.82) is 0 Å². The normalized spacial score (nSPS) is 16.8. The standard InChI is InChI=1S/C8H18OS/c1-4-6-8(5-2)10-7(3)9/h7-9H,4-6H2,1-3H3. The van der Waals surface area contributed by atoms with E-state index in [-0.39, 0.29) is 5.44 Å². The smallest absolute Gasteiger partial charge is 0.0967 e. The van der Waals surface area contributed by atoms with E-state index in [9.17, 15) is 0 Å². The zero-order chi connectivity index (χ0) is 7.98. The van der Waals surface area contributed by atoms with E-state index in [4.69, 9.17) is 5.11 Å². The van der Waals surface area contributed by atoms with Crippen molar-refractivity contribution in [2.75, 3.05) is 0 Å². The molecule has 2 heteroatoms. The molecule has 1 nitrogen and oxygen atoms in total. The predicted octanol–water partition coefficient (Wildman–Crippen LogP) is 2.64. The highest BCUT2D eigenvalue weighted by Crippen LogP contribution is 2.22. The lowest BCUT2D eigenvalue weighted by molar-refractivity contribution is 0.282. The van der Waals surface area contributed by atoms with Crippen LogP contribution < -0.4 is 0 Å². The Morgan fingerprint density at radius 3 is 2.30 bits per heavy atom. The SMILES string of the molecule is CCCC(CC)SC(C)O. The third kappa shape index (κ3) is 5.12. The fraction of sp³-hybridized carbons (Fsp3) is 1.00. The molecule has 0 radical (unpaired) electrons. The lowest BCUT2D eigenvalue weighted by Gasteiger charge is -2.14. The summed E-state index contributed by atoms with van der Waals surface area (Å²) in [7, 11) is 0. The molecule has 0 aromatic heterocycles. The Morgan fingerprint density at radius 2 is 2.00 bits per heavy atom. The summed E-state index contributed by atoms with van der Waals surface area (Å²) in [5.74, 6) is 0. The van der Waals surface area contributed by atoms with Gasteiger partial charge in [-0.15, -0.1) is 11.8 Å². The van der Waals surface area contributed by atoms with E-state index < -0.39 is 0 Å². The van der Waals surface area contributed by atoms with Crippen LogP contribution in [-0.4, -0.2) is 15.8 Å². The molecule has 0 rings (SSSR count). The number of aliphatic hydroxyl groups excluding tert-OH is 1. The lowest BCUT2D eigenvalue weighted by atomic mass is 10.2. The molecule has 0 amide bonds. The maximum atomic E-state index is 9.04. The second-order valence-electron chi connectivity index (χ2n) is 2.55. The van der Waals surface area contributed by atoms with Crippen LogP contribution in [0.5, 0.6) is 0 Å². The quantitative estimate of drug-likeness (QED) is 0.627. The minimum absolute atomic E-state index is 0.198. The first kappa shape index (κ1) is 10.3. The summed E-state index contributed by atoms with van der Waals surface area (Å²) in [6.07, 6.45) is 3.62. The minimum atomic E-state index is -0.198. The monoisotopic (exact) mass is 162 g/mol. The summed E-state index contributed by atoms with van der Waals surface area (Å²) in [5.41, 5.74) is -0.198. The molecule has 0 spiro atoms. The largest absolute Gasteiger partial charge is 0.383 e. The van der Waals surface area contributed by atoms with Gasteiger partial charge < -0.3 is 5.11 Å². The summed E-state index contributed by atoms with van der Waals surface area (Å²) in [6.45, 7) is 6.20. The van der Waals surface area contributed by atoms with Crippen LogP contribution in [0.2, 0.25) is 0 Å². The molecule has 1 N–H and O–H groups in total. The van der Waals surface area contributed by atoms with Crippen molar-refractivity contribution in [2.45, 2.75) is 50.7 Å². The highest BCUT2D eigenvalue weighted by Gasteiger charge is 2.07. The fourth-order valence-corrected chi connectivity index (χ4v) is 2.09. The van der Waals surface area contributed by atoms with Gasteiger partial charge in [-0.3, -0.25) is 0 Å². The molecule has 2 atom stereocenters. The minimum Gasteiger partial charge on any atom is -0.383 e. The average molecular weight is 162 g/mol. The molecular formula is C8H18OS. The molecule has 0 saturated carbocycles. The van der Waals surface area contributed by atoms with Gasteiger partial charge in [0.15, 0.2) is 0 Å². The van der Waals surface area contributed by atoms with E-state index >= 15 is 0 Å². The van der Waals surface area contributed by atoms with Crippen LogP contribution in [0.25, 0.3) is 0 Å². The van der Waals surface area contributed by atoms with Crippen LogP contribution in [0.1, 0.15) is 40.0 Å². The predicted molar refractivity (Wildman–Crippen MR) is 48.3 cm³/mol. The Hall–Kier alpha value is 0.310. The Morgan fingerprint density at radius 1 is 1.40 bits per heavy atom. The maximum Gasteiger partial charge on any atom is 0.0967 e.